The highest BCUT2D eigenvalue weighted by molar-refractivity contribution is 6.32. The van der Waals surface area contributed by atoms with Crippen molar-refractivity contribution in [2.24, 2.45) is 5.92 Å². The smallest absolute Gasteiger partial charge is 0.254 e. The molecule has 0 radical (unpaired) electrons. The Kier molecular flexibility index (Phi) is 6.68. The molecule has 0 spiro atoms. The van der Waals surface area contributed by atoms with E-state index in [1.165, 1.54) is 0 Å². The van der Waals surface area contributed by atoms with Crippen LogP contribution in [0.5, 0.6) is 11.5 Å². The van der Waals surface area contributed by atoms with Crippen molar-refractivity contribution in [1.82, 2.24) is 4.90 Å². The summed E-state index contributed by atoms with van der Waals surface area (Å²) in [6.45, 7) is 1.08. The maximum Gasteiger partial charge on any atom is 0.254 e. The molecule has 0 saturated carbocycles. The number of hydrogen-bond donors (Lipinski definition) is 1. The van der Waals surface area contributed by atoms with Gasteiger partial charge in [0.25, 0.3) is 5.91 Å². The number of fused-ring (bicyclic) bond motifs is 1. The molecule has 1 aliphatic rings. The lowest BCUT2D eigenvalue weighted by Gasteiger charge is -2.31. The van der Waals surface area contributed by atoms with E-state index < -0.39 is 0 Å². The Balaban J connectivity index is 1.23. The van der Waals surface area contributed by atoms with E-state index >= 15 is 0 Å². The van der Waals surface area contributed by atoms with Crippen LogP contribution < -0.4 is 10.1 Å². The first-order valence-electron chi connectivity index (χ1n) is 11.7. The zero-order valence-corrected chi connectivity index (χ0v) is 19.9. The predicted molar refractivity (Wildman–Crippen MR) is 139 cm³/mol. The normalized spacial score (nSPS) is 14.0. The molecular formula is C29H25ClN2O3. The van der Waals surface area contributed by atoms with Crippen LogP contribution in [0.2, 0.25) is 5.02 Å². The van der Waals surface area contributed by atoms with Gasteiger partial charge in [-0.15, -0.1) is 0 Å². The standard InChI is InChI=1S/C29H25ClN2O3/c30-24-12-3-5-14-26(24)35-27-15-6-4-13-25(27)31-28(33)21-16-18-32(19-17-21)29(34)23-11-7-9-20-8-1-2-10-22(20)23/h1-15,21H,16-19H2,(H,31,33). The van der Waals surface area contributed by atoms with Crippen molar-refractivity contribution in [2.45, 2.75) is 12.8 Å². The number of likely N-dealkylation sites (tertiary alicyclic amines) is 1. The highest BCUT2D eigenvalue weighted by atomic mass is 35.5. The molecule has 0 aromatic heterocycles. The van der Waals surface area contributed by atoms with Gasteiger partial charge in [0.15, 0.2) is 5.75 Å². The number of carbonyl (C=O) groups excluding carboxylic acids is 2. The van der Waals surface area contributed by atoms with E-state index in [1.54, 1.807) is 18.2 Å². The summed E-state index contributed by atoms with van der Waals surface area (Å²) in [7, 11) is 0. The first kappa shape index (κ1) is 22.9. The average molecular weight is 485 g/mol. The van der Waals surface area contributed by atoms with E-state index in [-0.39, 0.29) is 17.7 Å². The molecule has 35 heavy (non-hydrogen) atoms. The Labute approximate surface area is 209 Å². The second kappa shape index (κ2) is 10.2. The van der Waals surface area contributed by atoms with Crippen LogP contribution >= 0.6 is 11.6 Å². The molecule has 0 bridgehead atoms. The van der Waals surface area contributed by atoms with E-state index in [0.717, 1.165) is 10.8 Å². The van der Waals surface area contributed by atoms with Crippen molar-refractivity contribution in [3.8, 4) is 11.5 Å². The van der Waals surface area contributed by atoms with E-state index in [0.29, 0.717) is 53.7 Å². The number of halogens is 1. The molecule has 6 heteroatoms. The van der Waals surface area contributed by atoms with Crippen molar-refractivity contribution in [2.75, 3.05) is 18.4 Å². The maximum atomic E-state index is 13.2. The number of rotatable bonds is 5. The van der Waals surface area contributed by atoms with Gasteiger partial charge in [0, 0.05) is 24.6 Å². The summed E-state index contributed by atoms with van der Waals surface area (Å²) in [5, 5.41) is 5.51. The molecular weight excluding hydrogens is 460 g/mol. The fraction of sp³-hybridized carbons (Fsp3) is 0.172. The third kappa shape index (κ3) is 5.00. The number of amides is 2. The molecule has 4 aromatic carbocycles. The molecule has 2 amide bonds. The van der Waals surface area contributed by atoms with Gasteiger partial charge in [-0.05, 0) is 53.9 Å². The van der Waals surface area contributed by atoms with Crippen molar-refractivity contribution in [3.05, 3.63) is 102 Å². The van der Waals surface area contributed by atoms with Gasteiger partial charge in [-0.1, -0.05) is 72.3 Å². The molecule has 0 unspecified atom stereocenters. The topological polar surface area (TPSA) is 58.6 Å². The molecule has 5 rings (SSSR count). The summed E-state index contributed by atoms with van der Waals surface area (Å²) in [5.41, 5.74) is 1.29. The summed E-state index contributed by atoms with van der Waals surface area (Å²) in [6.07, 6.45) is 1.21. The third-order valence-corrected chi connectivity index (χ3v) is 6.69. The molecule has 0 atom stereocenters. The number of anilines is 1. The molecule has 5 nitrogen and oxygen atoms in total. The summed E-state index contributed by atoms with van der Waals surface area (Å²) in [6, 6.07) is 28.2. The van der Waals surface area contributed by atoms with Crippen molar-refractivity contribution in [1.29, 1.82) is 0 Å². The number of hydrogen-bond acceptors (Lipinski definition) is 3. The molecule has 1 N–H and O–H groups in total. The largest absolute Gasteiger partial charge is 0.454 e. The molecule has 1 fully saturated rings. The van der Waals surface area contributed by atoms with Crippen molar-refractivity contribution < 1.29 is 14.3 Å². The van der Waals surface area contributed by atoms with Crippen molar-refractivity contribution in [3.63, 3.8) is 0 Å². The van der Waals surface area contributed by atoms with Crippen LogP contribution in [-0.4, -0.2) is 29.8 Å². The van der Waals surface area contributed by atoms with E-state index in [1.807, 2.05) is 77.7 Å². The highest BCUT2D eigenvalue weighted by Crippen LogP contribution is 2.34. The third-order valence-electron chi connectivity index (χ3n) is 6.37. The molecule has 1 aliphatic heterocycles. The van der Waals surface area contributed by atoms with E-state index in [4.69, 9.17) is 16.3 Å². The lowest BCUT2D eigenvalue weighted by atomic mass is 9.94. The number of para-hydroxylation sites is 3. The average Bonchev–Trinajstić information content (AvgIpc) is 2.90. The van der Waals surface area contributed by atoms with E-state index in [9.17, 15) is 9.59 Å². The van der Waals surface area contributed by atoms with E-state index in [2.05, 4.69) is 5.32 Å². The lowest BCUT2D eigenvalue weighted by Crippen LogP contribution is -2.41. The monoisotopic (exact) mass is 484 g/mol. The van der Waals surface area contributed by atoms with Gasteiger partial charge < -0.3 is 15.0 Å². The molecule has 176 valence electrons. The quantitative estimate of drug-likeness (QED) is 0.340. The SMILES string of the molecule is O=C(Nc1ccccc1Oc1ccccc1Cl)C1CCN(C(=O)c2cccc3ccccc23)CC1. The molecule has 1 heterocycles. The Bertz CT molecular complexity index is 1370. The first-order valence-corrected chi connectivity index (χ1v) is 12.1. The number of benzene rings is 4. The Morgan fingerprint density at radius 2 is 1.46 bits per heavy atom. The minimum Gasteiger partial charge on any atom is -0.454 e. The van der Waals surface area contributed by atoms with Crippen LogP contribution in [0, 0.1) is 5.92 Å². The van der Waals surface area contributed by atoms with Gasteiger partial charge in [-0.2, -0.15) is 0 Å². The van der Waals surface area contributed by atoms with Gasteiger partial charge in [0.05, 0.1) is 10.7 Å². The van der Waals surface area contributed by atoms with Gasteiger partial charge in [0.2, 0.25) is 5.91 Å². The van der Waals surface area contributed by atoms with Crippen LogP contribution in [0.1, 0.15) is 23.2 Å². The molecule has 1 saturated heterocycles. The lowest BCUT2D eigenvalue weighted by molar-refractivity contribution is -0.121. The fourth-order valence-corrected chi connectivity index (χ4v) is 4.64. The zero-order chi connectivity index (χ0) is 24.2. The van der Waals surface area contributed by atoms with Crippen LogP contribution in [0.15, 0.2) is 91.0 Å². The first-order chi connectivity index (χ1) is 17.1. The summed E-state index contributed by atoms with van der Waals surface area (Å²) in [5.74, 6) is 0.810. The number of ether oxygens (including phenoxy) is 1. The summed E-state index contributed by atoms with van der Waals surface area (Å²) in [4.78, 5) is 28.1. The minimum atomic E-state index is -0.181. The second-order valence-electron chi connectivity index (χ2n) is 8.61. The van der Waals surface area contributed by atoms with Gasteiger partial charge >= 0.3 is 0 Å². The Morgan fingerprint density at radius 1 is 0.800 bits per heavy atom. The Morgan fingerprint density at radius 3 is 2.26 bits per heavy atom. The van der Waals surface area contributed by atoms with Crippen LogP contribution in [-0.2, 0) is 4.79 Å². The maximum absolute atomic E-state index is 13.2. The second-order valence-corrected chi connectivity index (χ2v) is 9.02. The van der Waals surface area contributed by atoms with Gasteiger partial charge in [0.1, 0.15) is 5.75 Å². The molecule has 4 aromatic rings. The number of piperidine rings is 1. The van der Waals surface area contributed by atoms with Crippen LogP contribution in [0.3, 0.4) is 0 Å². The molecule has 0 aliphatic carbocycles. The number of nitrogens with zero attached hydrogens (tertiary/aromatic N) is 1. The fourth-order valence-electron chi connectivity index (χ4n) is 4.47. The zero-order valence-electron chi connectivity index (χ0n) is 19.1. The van der Waals surface area contributed by atoms with Crippen LogP contribution in [0.4, 0.5) is 5.69 Å². The number of nitrogens with one attached hydrogen (secondary N) is 1. The predicted octanol–water partition coefficient (Wildman–Crippen LogP) is 6.78. The summed E-state index contributed by atoms with van der Waals surface area (Å²) < 4.78 is 5.96. The minimum absolute atomic E-state index is 0.0131. The van der Waals surface area contributed by atoms with Crippen LogP contribution in [0.25, 0.3) is 10.8 Å². The highest BCUT2D eigenvalue weighted by Gasteiger charge is 2.29. The van der Waals surface area contributed by atoms with Crippen molar-refractivity contribution >= 4 is 39.9 Å². The Hall–Kier alpha value is -3.83. The van der Waals surface area contributed by atoms with Gasteiger partial charge in [-0.3, -0.25) is 9.59 Å². The number of carbonyl (C=O) groups is 2. The summed E-state index contributed by atoms with van der Waals surface area (Å²) >= 11 is 6.23. The van der Waals surface area contributed by atoms with Gasteiger partial charge in [-0.25, -0.2) is 0 Å².